The van der Waals surface area contributed by atoms with E-state index in [4.69, 9.17) is 0 Å². The first-order valence-electron chi connectivity index (χ1n) is 6.30. The van der Waals surface area contributed by atoms with Crippen molar-refractivity contribution in [2.75, 3.05) is 20.6 Å². The van der Waals surface area contributed by atoms with E-state index in [0.717, 1.165) is 24.9 Å². The highest BCUT2D eigenvalue weighted by molar-refractivity contribution is 5.44. The third-order valence-corrected chi connectivity index (χ3v) is 3.79. The molecule has 0 spiro atoms. The SMILES string of the molecule is CC(CNC1CCc2c(O)cccc21)N(C)C. The second kappa shape index (κ2) is 5.07. The van der Waals surface area contributed by atoms with Crippen LogP contribution in [-0.2, 0) is 6.42 Å². The van der Waals surface area contributed by atoms with Gasteiger partial charge in [0.15, 0.2) is 0 Å². The van der Waals surface area contributed by atoms with Gasteiger partial charge in [0.25, 0.3) is 0 Å². The molecule has 2 unspecified atom stereocenters. The predicted molar refractivity (Wildman–Crippen MR) is 70.3 cm³/mol. The molecule has 1 aromatic carbocycles. The van der Waals surface area contributed by atoms with Crippen LogP contribution < -0.4 is 5.32 Å². The maximum atomic E-state index is 9.78. The van der Waals surface area contributed by atoms with Crippen LogP contribution in [0.25, 0.3) is 0 Å². The first-order chi connectivity index (χ1) is 8.09. The molecule has 2 N–H and O–H groups in total. The highest BCUT2D eigenvalue weighted by Crippen LogP contribution is 2.36. The maximum Gasteiger partial charge on any atom is 0.119 e. The van der Waals surface area contributed by atoms with Crippen LogP contribution in [0.5, 0.6) is 5.75 Å². The largest absolute Gasteiger partial charge is 0.508 e. The topological polar surface area (TPSA) is 35.5 Å². The summed E-state index contributed by atoms with van der Waals surface area (Å²) in [7, 11) is 4.20. The van der Waals surface area contributed by atoms with Crippen molar-refractivity contribution in [2.24, 2.45) is 0 Å². The van der Waals surface area contributed by atoms with E-state index in [2.05, 4.69) is 37.3 Å². The van der Waals surface area contributed by atoms with Crippen molar-refractivity contribution < 1.29 is 5.11 Å². The fourth-order valence-corrected chi connectivity index (χ4v) is 2.34. The Bertz CT molecular complexity index is 390. The second-order valence-corrected chi connectivity index (χ2v) is 5.16. The Labute approximate surface area is 103 Å². The molecule has 0 aliphatic heterocycles. The van der Waals surface area contributed by atoms with E-state index in [1.54, 1.807) is 6.07 Å². The van der Waals surface area contributed by atoms with Gasteiger partial charge in [0.2, 0.25) is 0 Å². The fourth-order valence-electron chi connectivity index (χ4n) is 2.34. The van der Waals surface area contributed by atoms with Crippen LogP contribution in [-0.4, -0.2) is 36.7 Å². The van der Waals surface area contributed by atoms with Crippen LogP contribution in [0.4, 0.5) is 0 Å². The van der Waals surface area contributed by atoms with E-state index in [1.165, 1.54) is 5.56 Å². The molecule has 0 aromatic heterocycles. The molecule has 0 heterocycles. The molecular weight excluding hydrogens is 212 g/mol. The number of fused-ring (bicyclic) bond motifs is 1. The van der Waals surface area contributed by atoms with Crippen molar-refractivity contribution in [2.45, 2.75) is 31.8 Å². The minimum atomic E-state index is 0.402. The zero-order valence-corrected chi connectivity index (χ0v) is 10.9. The average molecular weight is 234 g/mol. The minimum Gasteiger partial charge on any atom is -0.508 e. The second-order valence-electron chi connectivity index (χ2n) is 5.16. The molecule has 0 bridgehead atoms. The number of phenols is 1. The van der Waals surface area contributed by atoms with E-state index in [9.17, 15) is 5.11 Å². The maximum absolute atomic E-state index is 9.78. The Morgan fingerprint density at radius 3 is 2.94 bits per heavy atom. The van der Waals surface area contributed by atoms with Gasteiger partial charge in [-0.1, -0.05) is 12.1 Å². The van der Waals surface area contributed by atoms with Gasteiger partial charge >= 0.3 is 0 Å². The number of phenolic OH excluding ortho intramolecular Hbond substituents is 1. The molecule has 0 saturated heterocycles. The smallest absolute Gasteiger partial charge is 0.119 e. The average Bonchev–Trinajstić information content (AvgIpc) is 2.70. The molecule has 3 nitrogen and oxygen atoms in total. The summed E-state index contributed by atoms with van der Waals surface area (Å²) in [5.74, 6) is 0.451. The van der Waals surface area contributed by atoms with Gasteiger partial charge in [-0.05, 0) is 51.1 Å². The summed E-state index contributed by atoms with van der Waals surface area (Å²) in [6.45, 7) is 3.19. The molecule has 1 aromatic rings. The van der Waals surface area contributed by atoms with Gasteiger partial charge in [-0.3, -0.25) is 0 Å². The van der Waals surface area contributed by atoms with E-state index >= 15 is 0 Å². The summed E-state index contributed by atoms with van der Waals surface area (Å²) in [6, 6.07) is 6.77. The van der Waals surface area contributed by atoms with Crippen LogP contribution >= 0.6 is 0 Å². The Kier molecular flexibility index (Phi) is 3.69. The van der Waals surface area contributed by atoms with Crippen molar-refractivity contribution in [1.29, 1.82) is 0 Å². The van der Waals surface area contributed by atoms with Gasteiger partial charge in [-0.2, -0.15) is 0 Å². The fraction of sp³-hybridized carbons (Fsp3) is 0.571. The van der Waals surface area contributed by atoms with Gasteiger partial charge in [-0.15, -0.1) is 0 Å². The lowest BCUT2D eigenvalue weighted by Gasteiger charge is -2.23. The van der Waals surface area contributed by atoms with Crippen LogP contribution in [0.2, 0.25) is 0 Å². The highest BCUT2D eigenvalue weighted by Gasteiger charge is 2.24. The predicted octanol–water partition coefficient (Wildman–Crippen LogP) is 1.92. The summed E-state index contributed by atoms with van der Waals surface area (Å²) >= 11 is 0. The number of hydrogen-bond donors (Lipinski definition) is 2. The van der Waals surface area contributed by atoms with E-state index in [1.807, 2.05) is 6.07 Å². The molecule has 94 valence electrons. The van der Waals surface area contributed by atoms with Gasteiger partial charge < -0.3 is 15.3 Å². The zero-order chi connectivity index (χ0) is 12.4. The summed E-state index contributed by atoms with van der Waals surface area (Å²) in [5.41, 5.74) is 2.40. The van der Waals surface area contributed by atoms with Crippen LogP contribution in [0.3, 0.4) is 0 Å². The number of aromatic hydroxyl groups is 1. The van der Waals surface area contributed by atoms with E-state index in [-0.39, 0.29) is 0 Å². The van der Waals surface area contributed by atoms with Crippen molar-refractivity contribution in [3.05, 3.63) is 29.3 Å². The summed E-state index contributed by atoms with van der Waals surface area (Å²) in [6.07, 6.45) is 2.07. The third kappa shape index (κ3) is 2.61. The number of rotatable bonds is 4. The highest BCUT2D eigenvalue weighted by atomic mass is 16.3. The molecule has 0 saturated carbocycles. The molecule has 0 fully saturated rings. The van der Waals surface area contributed by atoms with Gasteiger partial charge in [0.1, 0.15) is 5.75 Å². The van der Waals surface area contributed by atoms with Crippen LogP contribution in [0, 0.1) is 0 Å². The molecular formula is C14H22N2O. The lowest BCUT2D eigenvalue weighted by Crippen LogP contribution is -2.36. The molecule has 17 heavy (non-hydrogen) atoms. The third-order valence-electron chi connectivity index (χ3n) is 3.79. The Morgan fingerprint density at radius 2 is 2.24 bits per heavy atom. The number of nitrogens with one attached hydrogen (secondary N) is 1. The molecule has 0 radical (unpaired) electrons. The van der Waals surface area contributed by atoms with Crippen LogP contribution in [0.15, 0.2) is 18.2 Å². The molecule has 2 rings (SSSR count). The number of nitrogens with zero attached hydrogens (tertiary/aromatic N) is 1. The lowest BCUT2D eigenvalue weighted by molar-refractivity contribution is 0.293. The molecule has 0 amide bonds. The van der Waals surface area contributed by atoms with Crippen molar-refractivity contribution in [1.82, 2.24) is 10.2 Å². The molecule has 2 atom stereocenters. The first-order valence-corrected chi connectivity index (χ1v) is 6.30. The molecule has 1 aliphatic carbocycles. The standard InChI is InChI=1S/C14H22N2O/c1-10(16(2)3)9-15-13-8-7-12-11(13)5-4-6-14(12)17/h4-6,10,13,15,17H,7-9H2,1-3H3. The molecule has 3 heteroatoms. The van der Waals surface area contributed by atoms with Gasteiger partial charge in [-0.25, -0.2) is 0 Å². The minimum absolute atomic E-state index is 0.402. The Hall–Kier alpha value is -1.06. The lowest BCUT2D eigenvalue weighted by atomic mass is 10.1. The van der Waals surface area contributed by atoms with E-state index in [0.29, 0.717) is 17.8 Å². The van der Waals surface area contributed by atoms with Crippen molar-refractivity contribution >= 4 is 0 Å². The van der Waals surface area contributed by atoms with Crippen molar-refractivity contribution in [3.8, 4) is 5.75 Å². The molecule has 1 aliphatic rings. The quantitative estimate of drug-likeness (QED) is 0.835. The Balaban J connectivity index is 2.00. The number of likely N-dealkylation sites (N-methyl/N-ethyl adjacent to an activating group) is 1. The monoisotopic (exact) mass is 234 g/mol. The van der Waals surface area contributed by atoms with Crippen molar-refractivity contribution in [3.63, 3.8) is 0 Å². The summed E-state index contributed by atoms with van der Waals surface area (Å²) < 4.78 is 0. The number of benzene rings is 1. The van der Waals surface area contributed by atoms with E-state index < -0.39 is 0 Å². The summed E-state index contributed by atoms with van der Waals surface area (Å²) in [4.78, 5) is 2.21. The number of hydrogen-bond acceptors (Lipinski definition) is 3. The summed E-state index contributed by atoms with van der Waals surface area (Å²) in [5, 5.41) is 13.4. The van der Waals surface area contributed by atoms with Gasteiger partial charge in [0.05, 0.1) is 0 Å². The van der Waals surface area contributed by atoms with Gasteiger partial charge in [0, 0.05) is 18.6 Å². The first kappa shape index (κ1) is 12.4. The zero-order valence-electron chi connectivity index (χ0n) is 10.9. The normalized spacial score (nSPS) is 20.6. The van der Waals surface area contributed by atoms with Crippen LogP contribution in [0.1, 0.15) is 30.5 Å². The Morgan fingerprint density at radius 1 is 1.47 bits per heavy atom.